The van der Waals surface area contributed by atoms with E-state index in [-0.39, 0.29) is 0 Å². The molecule has 6 nitrogen and oxygen atoms in total. The summed E-state index contributed by atoms with van der Waals surface area (Å²) in [4.78, 5) is 2.25. The van der Waals surface area contributed by atoms with Crippen LogP contribution >= 0.6 is 0 Å². The lowest BCUT2D eigenvalue weighted by Gasteiger charge is -2.33. The Morgan fingerprint density at radius 2 is 1.94 bits per heavy atom. The molecule has 2 rings (SSSR count). The normalized spacial score (nSPS) is 28.4. The molecule has 1 unspecified atom stereocenters. The minimum absolute atomic E-state index is 0.344. The predicted octanol–water partition coefficient (Wildman–Crippen LogP) is -0.790. The van der Waals surface area contributed by atoms with Crippen molar-refractivity contribution < 1.29 is 8.42 Å². The maximum Gasteiger partial charge on any atom is 0.279 e. The van der Waals surface area contributed by atoms with E-state index in [2.05, 4.69) is 22.0 Å². The van der Waals surface area contributed by atoms with E-state index in [9.17, 15) is 8.42 Å². The zero-order valence-corrected chi connectivity index (χ0v) is 11.9. The molecule has 2 aliphatic heterocycles. The maximum absolute atomic E-state index is 12.1. The van der Waals surface area contributed by atoms with E-state index >= 15 is 0 Å². The van der Waals surface area contributed by atoms with Crippen LogP contribution in [-0.2, 0) is 10.2 Å². The minimum atomic E-state index is -3.29. The second-order valence-corrected chi connectivity index (χ2v) is 6.89. The molecule has 2 aliphatic rings. The number of piperidine rings is 1. The molecule has 0 aromatic carbocycles. The minimum Gasteiger partial charge on any atom is -0.314 e. The Morgan fingerprint density at radius 1 is 1.22 bits per heavy atom. The lowest BCUT2D eigenvalue weighted by molar-refractivity contribution is 0.186. The van der Waals surface area contributed by atoms with E-state index in [1.807, 2.05) is 0 Å². The van der Waals surface area contributed by atoms with Crippen LogP contribution in [-0.4, -0.2) is 70.0 Å². The third-order valence-corrected chi connectivity index (χ3v) is 5.42. The fraction of sp³-hybridized carbons (Fsp3) is 1.00. The first-order valence-corrected chi connectivity index (χ1v) is 8.19. The molecule has 1 atom stereocenters. The number of likely N-dealkylation sites (N-methyl/N-ethyl adjacent to an activating group) is 1. The zero-order chi connectivity index (χ0) is 13.0. The van der Waals surface area contributed by atoms with Gasteiger partial charge in [0.1, 0.15) is 0 Å². The second kappa shape index (κ2) is 6.29. The maximum atomic E-state index is 12.1. The molecular formula is C11H24N4O2S. The number of hydrogen-bond donors (Lipinski definition) is 2. The first kappa shape index (κ1) is 14.2. The van der Waals surface area contributed by atoms with Crippen LogP contribution in [0.1, 0.15) is 19.3 Å². The molecule has 0 aromatic heterocycles. The first-order chi connectivity index (χ1) is 8.59. The summed E-state index contributed by atoms with van der Waals surface area (Å²) in [6, 6.07) is 0.344. The third-order valence-electron chi connectivity index (χ3n) is 3.84. The lowest BCUT2D eigenvalue weighted by Crippen LogP contribution is -2.53. The summed E-state index contributed by atoms with van der Waals surface area (Å²) in [5, 5.41) is 3.16. The van der Waals surface area contributed by atoms with Gasteiger partial charge < -0.3 is 10.2 Å². The SMILES string of the molecule is CN1CCCCC1CNS(=O)(=O)N1CCNCC1. The highest BCUT2D eigenvalue weighted by molar-refractivity contribution is 7.87. The summed E-state index contributed by atoms with van der Waals surface area (Å²) in [5.41, 5.74) is 0. The van der Waals surface area contributed by atoms with E-state index in [1.54, 1.807) is 0 Å². The van der Waals surface area contributed by atoms with Crippen molar-refractivity contribution in [1.82, 2.24) is 19.2 Å². The number of nitrogens with one attached hydrogen (secondary N) is 2. The smallest absolute Gasteiger partial charge is 0.279 e. The molecule has 0 bridgehead atoms. The van der Waals surface area contributed by atoms with E-state index in [0.717, 1.165) is 26.1 Å². The van der Waals surface area contributed by atoms with Crippen LogP contribution < -0.4 is 10.0 Å². The van der Waals surface area contributed by atoms with E-state index in [4.69, 9.17) is 0 Å². The molecule has 0 aliphatic carbocycles. The highest BCUT2D eigenvalue weighted by Crippen LogP contribution is 2.14. The molecule has 2 fully saturated rings. The molecule has 7 heteroatoms. The summed E-state index contributed by atoms with van der Waals surface area (Å²) >= 11 is 0. The van der Waals surface area contributed by atoms with Crippen molar-refractivity contribution >= 4 is 10.2 Å². The summed E-state index contributed by atoms with van der Waals surface area (Å²) in [5.74, 6) is 0. The molecular weight excluding hydrogens is 252 g/mol. The van der Waals surface area contributed by atoms with Crippen molar-refractivity contribution in [2.45, 2.75) is 25.3 Å². The van der Waals surface area contributed by atoms with Crippen LogP contribution in [0.15, 0.2) is 0 Å². The van der Waals surface area contributed by atoms with Crippen molar-refractivity contribution in [2.24, 2.45) is 0 Å². The molecule has 106 valence electrons. The fourth-order valence-electron chi connectivity index (χ4n) is 2.58. The van der Waals surface area contributed by atoms with Crippen molar-refractivity contribution in [3.63, 3.8) is 0 Å². The molecule has 2 N–H and O–H groups in total. The van der Waals surface area contributed by atoms with Crippen LogP contribution in [0.2, 0.25) is 0 Å². The first-order valence-electron chi connectivity index (χ1n) is 6.75. The molecule has 0 aromatic rings. The zero-order valence-electron chi connectivity index (χ0n) is 11.1. The fourth-order valence-corrected chi connectivity index (χ4v) is 3.83. The largest absolute Gasteiger partial charge is 0.314 e. The lowest BCUT2D eigenvalue weighted by atomic mass is 10.0. The highest BCUT2D eigenvalue weighted by Gasteiger charge is 2.26. The Morgan fingerprint density at radius 3 is 2.61 bits per heavy atom. The number of nitrogens with zero attached hydrogens (tertiary/aromatic N) is 2. The molecule has 18 heavy (non-hydrogen) atoms. The summed E-state index contributed by atoms with van der Waals surface area (Å²) in [6.45, 7) is 4.21. The summed E-state index contributed by atoms with van der Waals surface area (Å²) in [7, 11) is -1.22. The van der Waals surface area contributed by atoms with Gasteiger partial charge in [-0.2, -0.15) is 12.7 Å². The number of piperazine rings is 1. The van der Waals surface area contributed by atoms with E-state index in [0.29, 0.717) is 25.7 Å². The van der Waals surface area contributed by atoms with Crippen molar-refractivity contribution in [1.29, 1.82) is 0 Å². The number of rotatable bonds is 4. The van der Waals surface area contributed by atoms with Crippen LogP contribution in [0.25, 0.3) is 0 Å². The quantitative estimate of drug-likeness (QED) is 0.706. The summed E-state index contributed by atoms with van der Waals surface area (Å²) in [6.07, 6.45) is 3.50. The molecule has 0 spiro atoms. The molecule has 0 radical (unpaired) electrons. The van der Waals surface area contributed by atoms with Gasteiger partial charge in [0.15, 0.2) is 0 Å². The molecule has 0 amide bonds. The summed E-state index contributed by atoms with van der Waals surface area (Å²) < 4.78 is 28.5. The van der Waals surface area contributed by atoms with Crippen molar-refractivity contribution in [3.8, 4) is 0 Å². The van der Waals surface area contributed by atoms with Crippen molar-refractivity contribution in [3.05, 3.63) is 0 Å². The third kappa shape index (κ3) is 3.64. The van der Waals surface area contributed by atoms with E-state index in [1.165, 1.54) is 17.1 Å². The predicted molar refractivity (Wildman–Crippen MR) is 71.6 cm³/mol. The van der Waals surface area contributed by atoms with Crippen molar-refractivity contribution in [2.75, 3.05) is 46.3 Å². The highest BCUT2D eigenvalue weighted by atomic mass is 32.2. The average Bonchev–Trinajstić information content (AvgIpc) is 2.39. The standard InChI is InChI=1S/C11H24N4O2S/c1-14-7-3-2-4-11(14)10-13-18(16,17)15-8-5-12-6-9-15/h11-13H,2-10H2,1H3. The molecule has 0 saturated carbocycles. The van der Waals surface area contributed by atoms with Crippen LogP contribution in [0, 0.1) is 0 Å². The van der Waals surface area contributed by atoms with Gasteiger partial charge in [-0.3, -0.25) is 0 Å². The number of hydrogen-bond acceptors (Lipinski definition) is 4. The Hall–Kier alpha value is -0.210. The Kier molecular flexibility index (Phi) is 4.97. The van der Waals surface area contributed by atoms with Gasteiger partial charge in [0.25, 0.3) is 10.2 Å². The molecule has 2 saturated heterocycles. The van der Waals surface area contributed by atoms with Gasteiger partial charge in [-0.05, 0) is 26.4 Å². The number of likely N-dealkylation sites (tertiary alicyclic amines) is 1. The Bertz CT molecular complexity index is 354. The van der Waals surface area contributed by atoms with Crippen LogP contribution in [0.3, 0.4) is 0 Å². The van der Waals surface area contributed by atoms with Gasteiger partial charge in [0, 0.05) is 38.8 Å². The van der Waals surface area contributed by atoms with Gasteiger partial charge >= 0.3 is 0 Å². The molecule has 2 heterocycles. The van der Waals surface area contributed by atoms with Gasteiger partial charge in [0.2, 0.25) is 0 Å². The van der Waals surface area contributed by atoms with Crippen LogP contribution in [0.4, 0.5) is 0 Å². The van der Waals surface area contributed by atoms with Crippen LogP contribution in [0.5, 0.6) is 0 Å². The topological polar surface area (TPSA) is 64.7 Å². The Balaban J connectivity index is 1.84. The van der Waals surface area contributed by atoms with Gasteiger partial charge in [0.05, 0.1) is 0 Å². The monoisotopic (exact) mass is 276 g/mol. The second-order valence-electron chi connectivity index (χ2n) is 5.13. The van der Waals surface area contributed by atoms with Gasteiger partial charge in [-0.15, -0.1) is 0 Å². The van der Waals surface area contributed by atoms with E-state index < -0.39 is 10.2 Å². The van der Waals surface area contributed by atoms with Gasteiger partial charge in [-0.1, -0.05) is 6.42 Å². The Labute approximate surface area is 110 Å². The van der Waals surface area contributed by atoms with Gasteiger partial charge in [-0.25, -0.2) is 4.72 Å². The average molecular weight is 276 g/mol.